The molecule has 0 saturated carbocycles. The minimum absolute atomic E-state index is 0.0214. The lowest BCUT2D eigenvalue weighted by atomic mass is 9.98. The van der Waals surface area contributed by atoms with E-state index in [-0.39, 0.29) is 34.5 Å². The van der Waals surface area contributed by atoms with Gasteiger partial charge < -0.3 is 25.3 Å². The molecular formula is C22H25ClN4O8S2. The Morgan fingerprint density at radius 1 is 1.27 bits per heavy atom. The molecule has 2 atom stereocenters. The van der Waals surface area contributed by atoms with Gasteiger partial charge in [0.1, 0.15) is 23.7 Å². The lowest BCUT2D eigenvalue weighted by Gasteiger charge is -2.49. The van der Waals surface area contributed by atoms with E-state index in [1.54, 1.807) is 26.2 Å². The smallest absolute Gasteiger partial charge is 0.358 e. The van der Waals surface area contributed by atoms with Crippen LogP contribution in [0.15, 0.2) is 22.2 Å². The molecule has 0 aliphatic carbocycles. The highest BCUT2D eigenvalue weighted by Gasteiger charge is 2.54. The minimum Gasteiger partial charge on any atom is -0.461 e. The third-order valence-electron chi connectivity index (χ3n) is 5.12. The number of halogens is 1. The maximum atomic E-state index is 13.1. The fourth-order valence-corrected chi connectivity index (χ4v) is 5.35. The van der Waals surface area contributed by atoms with Gasteiger partial charge in [-0.05, 0) is 20.8 Å². The first-order valence-corrected chi connectivity index (χ1v) is 13.2. The van der Waals surface area contributed by atoms with Gasteiger partial charge in [-0.1, -0.05) is 11.6 Å². The highest BCUT2D eigenvalue weighted by molar-refractivity contribution is 8.00. The number of thiazole rings is 1. The first-order chi connectivity index (χ1) is 17.3. The van der Waals surface area contributed by atoms with Crippen LogP contribution < -0.4 is 11.1 Å². The number of aromatic nitrogens is 1. The fourth-order valence-electron chi connectivity index (χ4n) is 3.24. The van der Waals surface area contributed by atoms with E-state index in [2.05, 4.69) is 10.3 Å². The van der Waals surface area contributed by atoms with Crippen molar-refractivity contribution >= 4 is 75.1 Å². The van der Waals surface area contributed by atoms with Crippen LogP contribution in [0, 0.1) is 5.41 Å². The van der Waals surface area contributed by atoms with Crippen molar-refractivity contribution in [3.8, 4) is 0 Å². The van der Waals surface area contributed by atoms with E-state index in [0.29, 0.717) is 5.57 Å². The number of carbonyl (C=O) groups is 5. The Kier molecular flexibility index (Phi) is 8.87. The van der Waals surface area contributed by atoms with Crippen LogP contribution in [-0.4, -0.2) is 70.2 Å². The Balaban J connectivity index is 1.75. The van der Waals surface area contributed by atoms with Crippen molar-refractivity contribution in [2.24, 2.45) is 5.41 Å². The molecule has 3 N–H and O–H groups in total. The summed E-state index contributed by atoms with van der Waals surface area (Å²) in [4.78, 5) is 67.3. The quantitative estimate of drug-likeness (QED) is 0.201. The Morgan fingerprint density at radius 3 is 2.54 bits per heavy atom. The number of fused-ring (bicyclic) bond motifs is 1. The van der Waals surface area contributed by atoms with Crippen LogP contribution in [0.2, 0.25) is 0 Å². The van der Waals surface area contributed by atoms with E-state index in [4.69, 9.17) is 31.5 Å². The van der Waals surface area contributed by atoms with Gasteiger partial charge in [0.25, 0.3) is 11.8 Å². The molecule has 0 aromatic carbocycles. The molecule has 2 amide bonds. The van der Waals surface area contributed by atoms with Gasteiger partial charge in [0.2, 0.25) is 6.79 Å². The van der Waals surface area contributed by atoms with Crippen LogP contribution in [0.5, 0.6) is 0 Å². The van der Waals surface area contributed by atoms with Crippen molar-refractivity contribution in [1.29, 1.82) is 0 Å². The highest BCUT2D eigenvalue weighted by atomic mass is 35.5. The second-order valence-corrected chi connectivity index (χ2v) is 11.1. The molecule has 0 bridgehead atoms. The Labute approximate surface area is 225 Å². The predicted octanol–water partition coefficient (Wildman–Crippen LogP) is 1.61. The molecule has 1 saturated heterocycles. The highest BCUT2D eigenvalue weighted by Crippen LogP contribution is 2.41. The average molecular weight is 573 g/mol. The van der Waals surface area contributed by atoms with Gasteiger partial charge in [0.15, 0.2) is 5.13 Å². The van der Waals surface area contributed by atoms with Crippen LogP contribution in [0.25, 0.3) is 5.57 Å². The number of nitrogens with one attached hydrogen (secondary N) is 1. The summed E-state index contributed by atoms with van der Waals surface area (Å²) < 4.78 is 15.1. The van der Waals surface area contributed by atoms with Crippen molar-refractivity contribution in [1.82, 2.24) is 15.2 Å². The fraction of sp³-hybridized carbons (Fsp3) is 0.455. The van der Waals surface area contributed by atoms with Crippen molar-refractivity contribution in [2.45, 2.75) is 39.1 Å². The van der Waals surface area contributed by atoms with E-state index >= 15 is 0 Å². The topological polar surface area (TPSA) is 167 Å². The van der Waals surface area contributed by atoms with E-state index in [0.717, 1.165) is 21.8 Å². The number of β-lactam (4-membered cyclic amide) rings is 1. The van der Waals surface area contributed by atoms with E-state index < -0.39 is 53.3 Å². The molecule has 200 valence electrons. The SMILES string of the molecule is CC(=O)OCC1=C(C(=O)OCOC(=O)C(C)(C)C)N2C(=O)[C@@H](NC(=O)C(=CCl)c3csc(N)n3)[C@H]2SC1. The first-order valence-electron chi connectivity index (χ1n) is 10.8. The van der Waals surface area contributed by atoms with Gasteiger partial charge in [0.05, 0.1) is 16.7 Å². The zero-order valence-electron chi connectivity index (χ0n) is 20.4. The summed E-state index contributed by atoms with van der Waals surface area (Å²) in [7, 11) is 0. The van der Waals surface area contributed by atoms with Gasteiger partial charge >= 0.3 is 17.9 Å². The Bertz CT molecular complexity index is 1190. The summed E-state index contributed by atoms with van der Waals surface area (Å²) in [6.07, 6.45) is 0. The molecule has 15 heteroatoms. The Hall–Kier alpha value is -3.10. The first kappa shape index (κ1) is 28.5. The van der Waals surface area contributed by atoms with Gasteiger partial charge in [0, 0.05) is 29.2 Å². The van der Waals surface area contributed by atoms with Gasteiger partial charge in [-0.2, -0.15) is 0 Å². The number of thioether (sulfide) groups is 1. The number of hydrogen-bond donors (Lipinski definition) is 2. The molecule has 0 radical (unpaired) electrons. The van der Waals surface area contributed by atoms with Crippen molar-refractivity contribution in [3.63, 3.8) is 0 Å². The summed E-state index contributed by atoms with van der Waals surface area (Å²) >= 11 is 8.21. The molecular weight excluding hydrogens is 548 g/mol. The zero-order valence-corrected chi connectivity index (χ0v) is 22.8. The molecule has 1 fully saturated rings. The molecule has 1 aromatic rings. The van der Waals surface area contributed by atoms with Crippen molar-refractivity contribution in [2.75, 3.05) is 24.9 Å². The van der Waals surface area contributed by atoms with E-state index in [9.17, 15) is 24.0 Å². The molecule has 2 aliphatic heterocycles. The van der Waals surface area contributed by atoms with Gasteiger partial charge in [-0.15, -0.1) is 23.1 Å². The summed E-state index contributed by atoms with van der Waals surface area (Å²) in [5.74, 6) is -3.12. The monoisotopic (exact) mass is 572 g/mol. The number of hydrogen-bond acceptors (Lipinski definition) is 12. The van der Waals surface area contributed by atoms with Gasteiger partial charge in [-0.25, -0.2) is 9.78 Å². The van der Waals surface area contributed by atoms with Crippen molar-refractivity contribution in [3.05, 3.63) is 27.9 Å². The predicted molar refractivity (Wildman–Crippen MR) is 136 cm³/mol. The van der Waals surface area contributed by atoms with Gasteiger partial charge in [-0.3, -0.25) is 24.1 Å². The van der Waals surface area contributed by atoms with Crippen LogP contribution in [0.3, 0.4) is 0 Å². The maximum Gasteiger partial charge on any atom is 0.358 e. The van der Waals surface area contributed by atoms with Crippen LogP contribution >= 0.6 is 34.7 Å². The largest absolute Gasteiger partial charge is 0.461 e. The molecule has 3 heterocycles. The number of nitrogens with zero attached hydrogens (tertiary/aromatic N) is 2. The second kappa shape index (κ2) is 11.5. The zero-order chi connectivity index (χ0) is 27.5. The van der Waals surface area contributed by atoms with E-state index in [1.807, 2.05) is 0 Å². The number of amides is 2. The number of carbonyl (C=O) groups excluding carboxylic acids is 5. The summed E-state index contributed by atoms with van der Waals surface area (Å²) in [5, 5.41) is 3.77. The van der Waals surface area contributed by atoms with Crippen LogP contribution in [0.1, 0.15) is 33.4 Å². The molecule has 1 aromatic heterocycles. The summed E-state index contributed by atoms with van der Waals surface area (Å²) in [6, 6.07) is -0.975. The molecule has 0 unspecified atom stereocenters. The number of ether oxygens (including phenoxy) is 3. The number of nitrogens with two attached hydrogens (primary N) is 1. The molecule has 12 nitrogen and oxygen atoms in total. The summed E-state index contributed by atoms with van der Waals surface area (Å²) in [5.41, 5.74) is 6.34. The Morgan fingerprint density at radius 2 is 1.97 bits per heavy atom. The average Bonchev–Trinajstić information content (AvgIpc) is 3.25. The third kappa shape index (κ3) is 6.43. The minimum atomic E-state index is -0.975. The lowest BCUT2D eigenvalue weighted by molar-refractivity contribution is -0.173. The second-order valence-electron chi connectivity index (χ2n) is 8.92. The number of esters is 3. The van der Waals surface area contributed by atoms with Crippen LogP contribution in [-0.2, 0) is 38.2 Å². The molecule has 37 heavy (non-hydrogen) atoms. The molecule has 3 rings (SSSR count). The standard InChI is InChI=1S/C22H25ClN4O8S2/c1-10(28)33-6-11-7-36-18-14(26-16(29)12(5-23)13-8-37-21(24)25-13)17(30)27(18)15(11)19(31)34-9-35-20(32)22(2,3)4/h5,8,14,18H,6-7,9H2,1-4H3,(H2,24,25)(H,26,29)/t14-,18-/m1/s1. The lowest BCUT2D eigenvalue weighted by Crippen LogP contribution is -2.70. The number of rotatable bonds is 8. The third-order valence-corrected chi connectivity index (χ3v) is 7.35. The normalized spacial score (nSPS) is 19.5. The number of anilines is 1. The maximum absolute atomic E-state index is 13.1. The molecule has 2 aliphatic rings. The number of nitrogen functional groups attached to an aromatic ring is 1. The molecule has 0 spiro atoms. The van der Waals surface area contributed by atoms with E-state index in [1.165, 1.54) is 18.7 Å². The summed E-state index contributed by atoms with van der Waals surface area (Å²) in [6.45, 7) is 5.22. The van der Waals surface area contributed by atoms with Crippen LogP contribution in [0.4, 0.5) is 5.13 Å². The van der Waals surface area contributed by atoms with Crippen molar-refractivity contribution < 1.29 is 38.2 Å².